The Morgan fingerprint density at radius 2 is 1.94 bits per heavy atom. The fourth-order valence-electron chi connectivity index (χ4n) is 4.43. The summed E-state index contributed by atoms with van der Waals surface area (Å²) in [6, 6.07) is 14.5. The molecule has 1 amide bonds. The molecule has 2 aliphatic rings. The summed E-state index contributed by atoms with van der Waals surface area (Å²) < 4.78 is 22.3. The van der Waals surface area contributed by atoms with Crippen molar-refractivity contribution >= 4 is 21.8 Å². The number of carbonyl (C=O) groups is 1. The third-order valence-corrected chi connectivity index (χ3v) is 6.96. The number of ether oxygens (including phenoxy) is 1. The second-order valence-corrected chi connectivity index (χ2v) is 9.49. The molecule has 0 radical (unpaired) electrons. The van der Waals surface area contributed by atoms with Crippen LogP contribution < -0.4 is 5.32 Å². The Balaban J connectivity index is 1.40. The quantitative estimate of drug-likeness (QED) is 0.542. The lowest BCUT2D eigenvalue weighted by atomic mass is 9.74. The van der Waals surface area contributed by atoms with Gasteiger partial charge in [-0.2, -0.15) is 0 Å². The topological polar surface area (TPSA) is 69.0 Å². The highest BCUT2D eigenvalue weighted by Gasteiger charge is 2.37. The van der Waals surface area contributed by atoms with Gasteiger partial charge in [-0.3, -0.25) is 4.79 Å². The Hall–Kier alpha value is -2.58. The molecule has 6 nitrogen and oxygen atoms in total. The normalized spacial score (nSPS) is 17.8. The first-order valence-electron chi connectivity index (χ1n) is 10.9. The molecule has 1 aliphatic heterocycles. The Morgan fingerprint density at radius 1 is 1.19 bits per heavy atom. The fourth-order valence-corrected chi connectivity index (χ4v) is 4.69. The predicted octanol–water partition coefficient (Wildman–Crippen LogP) is 4.52. The highest BCUT2D eigenvalue weighted by Crippen LogP contribution is 2.42. The molecule has 0 atom stereocenters. The van der Waals surface area contributed by atoms with E-state index in [1.54, 1.807) is 16.8 Å². The molecule has 2 fully saturated rings. The van der Waals surface area contributed by atoms with E-state index in [1.165, 1.54) is 6.07 Å². The van der Waals surface area contributed by atoms with Gasteiger partial charge in [-0.05, 0) is 67.6 Å². The van der Waals surface area contributed by atoms with Crippen molar-refractivity contribution < 1.29 is 13.9 Å². The summed E-state index contributed by atoms with van der Waals surface area (Å²) >= 11 is 3.45. The highest BCUT2D eigenvalue weighted by atomic mass is 79.9. The van der Waals surface area contributed by atoms with Gasteiger partial charge in [0.15, 0.2) is 5.69 Å². The SMILES string of the molecule is O=C(NCC1(c2cccc(F)c2)CCOCC1)c1nnn(-c2ccc(Br)cc2)c1C1CC1. The monoisotopic (exact) mass is 498 g/mol. The van der Waals surface area contributed by atoms with Crippen LogP contribution in [-0.4, -0.2) is 40.7 Å². The smallest absolute Gasteiger partial charge is 0.273 e. The second-order valence-electron chi connectivity index (χ2n) is 8.57. The van der Waals surface area contributed by atoms with Gasteiger partial charge in [0.2, 0.25) is 0 Å². The van der Waals surface area contributed by atoms with E-state index in [9.17, 15) is 9.18 Å². The molecular formula is C24H24BrFN4O2. The van der Waals surface area contributed by atoms with E-state index in [1.807, 2.05) is 30.3 Å². The van der Waals surface area contributed by atoms with Gasteiger partial charge >= 0.3 is 0 Å². The summed E-state index contributed by atoms with van der Waals surface area (Å²) in [6.45, 7) is 1.56. The maximum Gasteiger partial charge on any atom is 0.273 e. The van der Waals surface area contributed by atoms with Gasteiger partial charge in [0, 0.05) is 35.6 Å². The fraction of sp³-hybridized carbons (Fsp3) is 0.375. The van der Waals surface area contributed by atoms with E-state index in [4.69, 9.17) is 4.74 Å². The van der Waals surface area contributed by atoms with Gasteiger partial charge in [0.1, 0.15) is 5.82 Å². The van der Waals surface area contributed by atoms with Crippen LogP contribution in [0.2, 0.25) is 0 Å². The zero-order valence-corrected chi connectivity index (χ0v) is 19.1. The molecule has 0 unspecified atom stereocenters. The van der Waals surface area contributed by atoms with Crippen molar-refractivity contribution in [3.8, 4) is 5.69 Å². The van der Waals surface area contributed by atoms with Gasteiger partial charge in [0.05, 0.1) is 11.4 Å². The number of carbonyl (C=O) groups excluding carboxylic acids is 1. The first kappa shape index (κ1) is 21.3. The zero-order valence-electron chi connectivity index (χ0n) is 17.6. The van der Waals surface area contributed by atoms with Crippen molar-refractivity contribution in [2.24, 2.45) is 0 Å². The third kappa shape index (κ3) is 4.21. The van der Waals surface area contributed by atoms with E-state index in [0.717, 1.165) is 47.1 Å². The summed E-state index contributed by atoms with van der Waals surface area (Å²) in [5.74, 6) is -0.222. The molecule has 2 aromatic carbocycles. The van der Waals surface area contributed by atoms with Crippen LogP contribution in [0, 0.1) is 5.82 Å². The van der Waals surface area contributed by atoms with Crippen LogP contribution in [0.15, 0.2) is 53.0 Å². The van der Waals surface area contributed by atoms with Crippen LogP contribution in [0.3, 0.4) is 0 Å². The van der Waals surface area contributed by atoms with E-state index in [0.29, 0.717) is 25.5 Å². The van der Waals surface area contributed by atoms with Crippen LogP contribution in [-0.2, 0) is 10.2 Å². The molecule has 2 heterocycles. The van der Waals surface area contributed by atoms with Crippen molar-refractivity contribution in [2.45, 2.75) is 37.0 Å². The van der Waals surface area contributed by atoms with E-state index < -0.39 is 0 Å². The van der Waals surface area contributed by atoms with Crippen molar-refractivity contribution in [3.63, 3.8) is 0 Å². The lowest BCUT2D eigenvalue weighted by molar-refractivity contribution is 0.0485. The van der Waals surface area contributed by atoms with Crippen LogP contribution >= 0.6 is 15.9 Å². The van der Waals surface area contributed by atoms with E-state index in [2.05, 4.69) is 31.6 Å². The van der Waals surface area contributed by atoms with Crippen molar-refractivity contribution in [1.82, 2.24) is 20.3 Å². The molecule has 5 rings (SSSR count). The number of benzene rings is 2. The molecule has 3 aromatic rings. The van der Waals surface area contributed by atoms with Gasteiger partial charge in [-0.15, -0.1) is 5.10 Å². The Kier molecular flexibility index (Phi) is 5.82. The molecule has 8 heteroatoms. The van der Waals surface area contributed by atoms with Crippen LogP contribution in [0.25, 0.3) is 5.69 Å². The number of nitrogens with one attached hydrogen (secondary N) is 1. The number of hydrogen-bond donors (Lipinski definition) is 1. The molecule has 0 bridgehead atoms. The van der Waals surface area contributed by atoms with Gasteiger partial charge < -0.3 is 10.1 Å². The molecule has 1 saturated carbocycles. The van der Waals surface area contributed by atoms with Crippen molar-refractivity contribution in [2.75, 3.05) is 19.8 Å². The minimum Gasteiger partial charge on any atom is -0.381 e. The zero-order chi connectivity index (χ0) is 22.1. The largest absolute Gasteiger partial charge is 0.381 e. The number of hydrogen-bond acceptors (Lipinski definition) is 4. The molecule has 1 saturated heterocycles. The Morgan fingerprint density at radius 3 is 2.62 bits per heavy atom. The first-order valence-corrected chi connectivity index (χ1v) is 11.7. The molecule has 32 heavy (non-hydrogen) atoms. The van der Waals surface area contributed by atoms with Crippen LogP contribution in [0.4, 0.5) is 4.39 Å². The number of rotatable bonds is 6. The molecule has 1 aromatic heterocycles. The number of amides is 1. The second kappa shape index (κ2) is 8.75. The van der Waals surface area contributed by atoms with Crippen LogP contribution in [0.5, 0.6) is 0 Å². The third-order valence-electron chi connectivity index (χ3n) is 6.43. The molecule has 166 valence electrons. The van der Waals surface area contributed by atoms with Gasteiger partial charge in [-0.1, -0.05) is 33.3 Å². The summed E-state index contributed by atoms with van der Waals surface area (Å²) in [4.78, 5) is 13.2. The standard InChI is InChI=1S/C24H24BrFN4O2/c25-18-6-8-20(9-7-18)30-22(16-4-5-16)21(28-29-30)23(31)27-15-24(10-12-32-13-11-24)17-2-1-3-19(26)14-17/h1-3,6-9,14,16H,4-5,10-13,15H2,(H,27,31). The summed E-state index contributed by atoms with van der Waals surface area (Å²) in [6.07, 6.45) is 3.49. The molecule has 1 aliphatic carbocycles. The molecular weight excluding hydrogens is 475 g/mol. The number of halogens is 2. The summed E-state index contributed by atoms with van der Waals surface area (Å²) in [5.41, 5.74) is 2.63. The summed E-state index contributed by atoms with van der Waals surface area (Å²) in [5, 5.41) is 11.6. The molecule has 0 spiro atoms. The Labute approximate surface area is 194 Å². The minimum absolute atomic E-state index is 0.238. The lowest BCUT2D eigenvalue weighted by Gasteiger charge is -2.38. The average molecular weight is 499 g/mol. The number of aromatic nitrogens is 3. The van der Waals surface area contributed by atoms with Crippen molar-refractivity contribution in [3.05, 3.63) is 75.8 Å². The van der Waals surface area contributed by atoms with Crippen LogP contribution in [0.1, 0.15) is 53.3 Å². The van der Waals surface area contributed by atoms with Crippen molar-refractivity contribution in [1.29, 1.82) is 0 Å². The van der Waals surface area contributed by atoms with Gasteiger partial charge in [-0.25, -0.2) is 9.07 Å². The summed E-state index contributed by atoms with van der Waals surface area (Å²) in [7, 11) is 0. The average Bonchev–Trinajstić information content (AvgIpc) is 3.56. The maximum absolute atomic E-state index is 14.0. The predicted molar refractivity (Wildman–Crippen MR) is 121 cm³/mol. The highest BCUT2D eigenvalue weighted by molar-refractivity contribution is 9.10. The molecule has 1 N–H and O–H groups in total. The van der Waals surface area contributed by atoms with E-state index in [-0.39, 0.29) is 23.1 Å². The lowest BCUT2D eigenvalue weighted by Crippen LogP contribution is -2.44. The maximum atomic E-state index is 14.0. The van der Waals surface area contributed by atoms with Gasteiger partial charge in [0.25, 0.3) is 5.91 Å². The Bertz CT molecular complexity index is 1120. The van der Waals surface area contributed by atoms with E-state index >= 15 is 0 Å². The minimum atomic E-state index is -0.364. The number of nitrogens with zero attached hydrogens (tertiary/aromatic N) is 3. The first-order chi connectivity index (χ1) is 15.6.